The molecule has 45 heavy (non-hydrogen) atoms. The standard InChI is InChI=1S/C28H40N8O9/c1-15(28(44)45)33-25(41)21(11-17-13-31-14-32-17)36-26(42)20(10-16-5-7-18(37)8-6-16)35-27(43)22(12-23(38)39)34-24(40)19(30)4-2-3-9-29/h5-8,13-15,19-22,37H,2-4,9-12,29-30H2,1H3,(H,31,32)(H,33,41)(H,34,40)(H,35,43)(H,36,42)(H,38,39)(H,44,45)/t15-,19-,20-,21-,22-/m0/s1. The van der Waals surface area contributed by atoms with Gasteiger partial charge in [0, 0.05) is 24.7 Å². The highest BCUT2D eigenvalue weighted by Gasteiger charge is 2.32. The Hall–Kier alpha value is -5.03. The molecule has 0 saturated carbocycles. The van der Waals surface area contributed by atoms with E-state index in [0.29, 0.717) is 30.6 Å². The molecule has 0 aliphatic carbocycles. The van der Waals surface area contributed by atoms with Crippen molar-refractivity contribution in [2.24, 2.45) is 11.5 Å². The summed E-state index contributed by atoms with van der Waals surface area (Å²) in [6.07, 6.45) is 3.04. The van der Waals surface area contributed by atoms with Crippen LogP contribution in [0.15, 0.2) is 36.8 Å². The van der Waals surface area contributed by atoms with Gasteiger partial charge in [0.15, 0.2) is 0 Å². The van der Waals surface area contributed by atoms with E-state index in [0.717, 1.165) is 0 Å². The number of imidazole rings is 1. The third kappa shape index (κ3) is 12.6. The van der Waals surface area contributed by atoms with Crippen LogP contribution in [0.3, 0.4) is 0 Å². The molecule has 0 aliphatic heterocycles. The number of nitrogens with one attached hydrogen (secondary N) is 5. The second-order valence-electron chi connectivity index (χ2n) is 10.4. The lowest BCUT2D eigenvalue weighted by Crippen LogP contribution is -2.59. The number of hydrogen-bond acceptors (Lipinski definition) is 10. The lowest BCUT2D eigenvalue weighted by atomic mass is 10.0. The Morgan fingerprint density at radius 1 is 0.844 bits per heavy atom. The maximum atomic E-state index is 13.6. The van der Waals surface area contributed by atoms with E-state index in [1.54, 1.807) is 0 Å². The molecule has 1 aromatic carbocycles. The zero-order valence-corrected chi connectivity index (χ0v) is 24.7. The van der Waals surface area contributed by atoms with Gasteiger partial charge in [0.25, 0.3) is 0 Å². The number of aromatic amines is 1. The summed E-state index contributed by atoms with van der Waals surface area (Å²) in [5, 5.41) is 37.9. The Labute approximate surface area is 258 Å². The fourth-order valence-electron chi connectivity index (χ4n) is 4.13. The molecule has 0 aliphatic rings. The van der Waals surface area contributed by atoms with Crippen molar-refractivity contribution < 1.29 is 44.1 Å². The van der Waals surface area contributed by atoms with Crippen LogP contribution in [0.25, 0.3) is 0 Å². The van der Waals surface area contributed by atoms with Gasteiger partial charge in [-0.3, -0.25) is 28.8 Å². The van der Waals surface area contributed by atoms with E-state index in [4.69, 9.17) is 11.5 Å². The fourth-order valence-corrected chi connectivity index (χ4v) is 4.13. The summed E-state index contributed by atoms with van der Waals surface area (Å²) < 4.78 is 0. The zero-order valence-electron chi connectivity index (χ0n) is 24.7. The van der Waals surface area contributed by atoms with Gasteiger partial charge >= 0.3 is 11.9 Å². The van der Waals surface area contributed by atoms with Crippen LogP contribution >= 0.6 is 0 Å². The molecule has 1 heterocycles. The first kappa shape index (κ1) is 36.2. The van der Waals surface area contributed by atoms with Crippen molar-refractivity contribution in [3.63, 3.8) is 0 Å². The summed E-state index contributed by atoms with van der Waals surface area (Å²) in [5.74, 6) is -6.25. The van der Waals surface area contributed by atoms with E-state index >= 15 is 0 Å². The smallest absolute Gasteiger partial charge is 0.325 e. The molecule has 2 rings (SSSR count). The zero-order chi connectivity index (χ0) is 33.5. The van der Waals surface area contributed by atoms with Gasteiger partial charge in [0.2, 0.25) is 23.6 Å². The number of hydrogen-bond donors (Lipinski definition) is 10. The number of aromatic hydroxyl groups is 1. The average Bonchev–Trinajstić information content (AvgIpc) is 3.50. The normalized spacial score (nSPS) is 14.2. The van der Waals surface area contributed by atoms with Gasteiger partial charge in [-0.1, -0.05) is 18.6 Å². The number of unbranched alkanes of at least 4 members (excludes halogenated alkanes) is 1. The monoisotopic (exact) mass is 632 g/mol. The van der Waals surface area contributed by atoms with Crippen molar-refractivity contribution in [3.05, 3.63) is 48.0 Å². The predicted molar refractivity (Wildman–Crippen MR) is 158 cm³/mol. The minimum atomic E-state index is -1.61. The van der Waals surface area contributed by atoms with Crippen LogP contribution in [-0.4, -0.2) is 97.6 Å². The summed E-state index contributed by atoms with van der Waals surface area (Å²) >= 11 is 0. The molecular weight excluding hydrogens is 592 g/mol. The van der Waals surface area contributed by atoms with Crippen LogP contribution in [0, 0.1) is 0 Å². The number of benzene rings is 1. The number of carbonyl (C=O) groups excluding carboxylic acids is 4. The van der Waals surface area contributed by atoms with Crippen molar-refractivity contribution >= 4 is 35.6 Å². The average molecular weight is 633 g/mol. The van der Waals surface area contributed by atoms with Crippen molar-refractivity contribution in [1.29, 1.82) is 0 Å². The first-order valence-electron chi connectivity index (χ1n) is 14.2. The number of aromatic nitrogens is 2. The molecule has 12 N–H and O–H groups in total. The SMILES string of the molecule is C[C@H](NC(=O)[C@H](Cc1cnc[nH]1)NC(=O)[C@H](Cc1ccc(O)cc1)NC(=O)[C@H](CC(=O)O)NC(=O)[C@@H](N)CCCCN)C(=O)O. The highest BCUT2D eigenvalue weighted by Crippen LogP contribution is 2.12. The molecule has 2 aromatic rings. The first-order valence-corrected chi connectivity index (χ1v) is 14.2. The molecular formula is C28H40N8O9. The van der Waals surface area contributed by atoms with E-state index in [1.807, 2.05) is 0 Å². The quantitative estimate of drug-likeness (QED) is 0.0744. The summed E-state index contributed by atoms with van der Waals surface area (Å²) in [4.78, 5) is 82.1. The lowest BCUT2D eigenvalue weighted by molar-refractivity contribution is -0.141. The van der Waals surface area contributed by atoms with Crippen LogP contribution in [-0.2, 0) is 41.6 Å². The number of carbonyl (C=O) groups is 6. The molecule has 1 aromatic heterocycles. The van der Waals surface area contributed by atoms with Crippen molar-refractivity contribution in [3.8, 4) is 5.75 Å². The highest BCUT2D eigenvalue weighted by atomic mass is 16.4. The van der Waals surface area contributed by atoms with Gasteiger partial charge in [-0.15, -0.1) is 0 Å². The maximum absolute atomic E-state index is 13.6. The Morgan fingerprint density at radius 2 is 1.42 bits per heavy atom. The van der Waals surface area contributed by atoms with Gasteiger partial charge in [-0.25, -0.2) is 4.98 Å². The fraction of sp³-hybridized carbons (Fsp3) is 0.464. The molecule has 0 saturated heterocycles. The summed E-state index contributed by atoms with van der Waals surface area (Å²) in [5.41, 5.74) is 12.3. The molecule has 4 amide bonds. The number of phenolic OH excluding ortho intramolecular Hbond substituents is 1. The van der Waals surface area contributed by atoms with Crippen LogP contribution in [0.2, 0.25) is 0 Å². The number of nitrogens with zero attached hydrogens (tertiary/aromatic N) is 1. The number of rotatable bonds is 19. The number of carboxylic acids is 2. The predicted octanol–water partition coefficient (Wildman–Crippen LogP) is -2.12. The molecule has 0 radical (unpaired) electrons. The van der Waals surface area contributed by atoms with Crippen LogP contribution in [0.4, 0.5) is 0 Å². The van der Waals surface area contributed by atoms with E-state index in [1.165, 1.54) is 43.7 Å². The molecule has 0 bridgehead atoms. The van der Waals surface area contributed by atoms with Gasteiger partial charge in [-0.05, 0) is 44.0 Å². The summed E-state index contributed by atoms with van der Waals surface area (Å²) in [7, 11) is 0. The van der Waals surface area contributed by atoms with Gasteiger partial charge in [0.1, 0.15) is 29.9 Å². The van der Waals surface area contributed by atoms with E-state index in [-0.39, 0.29) is 25.0 Å². The van der Waals surface area contributed by atoms with E-state index in [9.17, 15) is 44.1 Å². The van der Waals surface area contributed by atoms with Crippen molar-refractivity contribution in [1.82, 2.24) is 31.2 Å². The largest absolute Gasteiger partial charge is 0.508 e. The van der Waals surface area contributed by atoms with Crippen LogP contribution < -0.4 is 32.7 Å². The van der Waals surface area contributed by atoms with E-state index in [2.05, 4.69) is 31.2 Å². The highest BCUT2D eigenvalue weighted by molar-refractivity contribution is 5.96. The van der Waals surface area contributed by atoms with Gasteiger partial charge in [-0.2, -0.15) is 0 Å². The second kappa shape index (κ2) is 17.9. The van der Waals surface area contributed by atoms with Gasteiger partial charge in [0.05, 0.1) is 18.8 Å². The third-order valence-corrected chi connectivity index (χ3v) is 6.67. The summed E-state index contributed by atoms with van der Waals surface area (Å²) in [6, 6.07) is -0.973. The number of phenols is 1. The molecule has 5 atom stereocenters. The number of nitrogens with two attached hydrogens (primary N) is 2. The van der Waals surface area contributed by atoms with Gasteiger partial charge < -0.3 is 53.0 Å². The van der Waals surface area contributed by atoms with E-state index < -0.39 is 72.2 Å². The van der Waals surface area contributed by atoms with Crippen LogP contribution in [0.5, 0.6) is 5.75 Å². The number of carboxylic acid groups (broad SMARTS) is 2. The minimum Gasteiger partial charge on any atom is -0.508 e. The Kier molecular flexibility index (Phi) is 14.4. The molecule has 246 valence electrons. The van der Waals surface area contributed by atoms with Crippen molar-refractivity contribution in [2.45, 2.75) is 75.7 Å². The minimum absolute atomic E-state index is 0.0559. The molecule has 17 heteroatoms. The van der Waals surface area contributed by atoms with Crippen LogP contribution in [0.1, 0.15) is 43.9 Å². The van der Waals surface area contributed by atoms with Crippen molar-refractivity contribution in [2.75, 3.05) is 6.54 Å². The second-order valence-corrected chi connectivity index (χ2v) is 10.4. The Balaban J connectivity index is 2.32. The first-order chi connectivity index (χ1) is 21.3. The number of H-pyrrole nitrogens is 1. The molecule has 0 unspecified atom stereocenters. The molecule has 0 spiro atoms. The maximum Gasteiger partial charge on any atom is 0.325 e. The number of amides is 4. The molecule has 0 fully saturated rings. The Bertz CT molecular complexity index is 1300. The molecule has 17 nitrogen and oxygen atoms in total. The topological polar surface area (TPSA) is 292 Å². The summed E-state index contributed by atoms with van der Waals surface area (Å²) in [6.45, 7) is 1.63. The number of aliphatic carboxylic acids is 2. The third-order valence-electron chi connectivity index (χ3n) is 6.67. The Morgan fingerprint density at radius 3 is 1.98 bits per heavy atom. The lowest BCUT2D eigenvalue weighted by Gasteiger charge is -2.26.